The fraction of sp³-hybridized carbons (Fsp3) is 0.143. The van der Waals surface area contributed by atoms with E-state index in [1.807, 2.05) is 31.2 Å². The number of nitrogens with one attached hydrogen (secondary N) is 1. The van der Waals surface area contributed by atoms with Gasteiger partial charge in [-0.25, -0.2) is 0 Å². The summed E-state index contributed by atoms with van der Waals surface area (Å²) in [5.41, 5.74) is 3.13. The normalized spacial score (nSPS) is 10.3. The zero-order valence-corrected chi connectivity index (χ0v) is 12.8. The van der Waals surface area contributed by atoms with Gasteiger partial charge in [0.05, 0.1) is 4.90 Å². The molecule has 0 aromatic heterocycles. The highest BCUT2D eigenvalue weighted by Gasteiger charge is 2.13. The number of rotatable bonds is 3. The van der Waals surface area contributed by atoms with E-state index in [-0.39, 0.29) is 4.90 Å². The van der Waals surface area contributed by atoms with Gasteiger partial charge in [0.2, 0.25) is 0 Å². The molecule has 0 radical (unpaired) electrons. The number of benzene rings is 2. The highest BCUT2D eigenvalue weighted by atomic mass is 32.2. The van der Waals surface area contributed by atoms with Gasteiger partial charge in [0.15, 0.2) is 5.34 Å². The molecule has 0 amide bonds. The van der Waals surface area contributed by atoms with Crippen LogP contribution in [0.2, 0.25) is 0 Å². The molecule has 2 aromatic rings. The minimum atomic E-state index is -4.19. The van der Waals surface area contributed by atoms with Gasteiger partial charge in [-0.15, -0.1) is 4.91 Å². The summed E-state index contributed by atoms with van der Waals surface area (Å²) in [5.74, 6) is 0. The molecule has 0 aliphatic rings. The smallest absolute Gasteiger partial charge is 0.294 e. The summed E-state index contributed by atoms with van der Waals surface area (Å²) < 4.78 is 31.6. The largest absolute Gasteiger partial charge is 0.379 e. The van der Waals surface area contributed by atoms with Crippen LogP contribution in [0.15, 0.2) is 52.7 Å². The Bertz CT molecular complexity index is 742. The molecule has 0 saturated heterocycles. The molecule has 0 bridgehead atoms. The fourth-order valence-corrected chi connectivity index (χ4v) is 2.51. The molecule has 0 spiro atoms. The lowest BCUT2D eigenvalue weighted by Crippen LogP contribution is -2.02. The van der Waals surface area contributed by atoms with Crippen molar-refractivity contribution in [3.63, 3.8) is 0 Å². The van der Waals surface area contributed by atoms with E-state index < -0.39 is 10.1 Å². The molecule has 0 atom stereocenters. The molecule has 0 aliphatic carbocycles. The van der Waals surface area contributed by atoms with E-state index in [1.54, 1.807) is 19.1 Å². The van der Waals surface area contributed by atoms with Crippen LogP contribution < -0.4 is 5.32 Å². The van der Waals surface area contributed by atoms with Gasteiger partial charge >= 0.3 is 0 Å². The van der Waals surface area contributed by atoms with E-state index in [9.17, 15) is 8.42 Å². The third kappa shape index (κ3) is 5.15. The van der Waals surface area contributed by atoms with Gasteiger partial charge in [-0.1, -0.05) is 23.8 Å². The second-order valence-corrected chi connectivity index (χ2v) is 5.92. The Morgan fingerprint density at radius 2 is 1.50 bits per heavy atom. The molecule has 3 N–H and O–H groups in total. The Balaban J connectivity index is 0.000000745. The SMILES string of the molecule is Cc1ccc(Nc2ccc(C)c(S(=O)(=O)O)c2)cc1.O=NO. The van der Waals surface area contributed by atoms with Crippen molar-refractivity contribution in [2.45, 2.75) is 18.7 Å². The molecule has 0 unspecified atom stereocenters. The summed E-state index contributed by atoms with van der Waals surface area (Å²) in [6.07, 6.45) is 0. The van der Waals surface area contributed by atoms with Gasteiger partial charge in [-0.05, 0) is 43.7 Å². The Labute approximate surface area is 128 Å². The summed E-state index contributed by atoms with van der Waals surface area (Å²) in [5, 5.41) is 11.0. The topological polar surface area (TPSA) is 116 Å². The van der Waals surface area contributed by atoms with Gasteiger partial charge in [0.25, 0.3) is 10.1 Å². The van der Waals surface area contributed by atoms with Crippen LogP contribution in [0, 0.1) is 18.8 Å². The molecule has 7 nitrogen and oxygen atoms in total. The Morgan fingerprint density at radius 1 is 1.00 bits per heavy atom. The molecule has 118 valence electrons. The van der Waals surface area contributed by atoms with Crippen LogP contribution in [0.3, 0.4) is 0 Å². The molecular formula is C14H16N2O5S. The van der Waals surface area contributed by atoms with Crippen molar-refractivity contribution in [3.05, 3.63) is 58.5 Å². The Hall–Kier alpha value is -2.45. The summed E-state index contributed by atoms with van der Waals surface area (Å²) in [6, 6.07) is 12.6. The van der Waals surface area contributed by atoms with E-state index in [0.717, 1.165) is 11.3 Å². The summed E-state index contributed by atoms with van der Waals surface area (Å²) in [4.78, 5) is 8.03. The van der Waals surface area contributed by atoms with Crippen LogP contribution in [0.5, 0.6) is 0 Å². The Morgan fingerprint density at radius 3 is 2.00 bits per heavy atom. The second kappa shape index (κ2) is 7.53. The van der Waals surface area contributed by atoms with E-state index >= 15 is 0 Å². The molecule has 0 fully saturated rings. The molecule has 22 heavy (non-hydrogen) atoms. The lowest BCUT2D eigenvalue weighted by atomic mass is 10.2. The molecule has 0 saturated carbocycles. The second-order valence-electron chi connectivity index (χ2n) is 4.53. The minimum Gasteiger partial charge on any atom is -0.379 e. The first kappa shape index (κ1) is 17.6. The van der Waals surface area contributed by atoms with Crippen molar-refractivity contribution >= 4 is 21.5 Å². The number of anilines is 2. The van der Waals surface area contributed by atoms with E-state index in [2.05, 4.69) is 5.32 Å². The fourth-order valence-electron chi connectivity index (χ4n) is 1.76. The van der Waals surface area contributed by atoms with Crippen molar-refractivity contribution < 1.29 is 18.2 Å². The summed E-state index contributed by atoms with van der Waals surface area (Å²) in [7, 11) is -4.19. The van der Waals surface area contributed by atoms with Crippen LogP contribution in [0.25, 0.3) is 0 Å². The van der Waals surface area contributed by atoms with Crippen LogP contribution in [0.4, 0.5) is 11.4 Å². The van der Waals surface area contributed by atoms with Crippen molar-refractivity contribution in [1.29, 1.82) is 0 Å². The first-order valence-corrected chi connectivity index (χ1v) is 7.60. The van der Waals surface area contributed by atoms with Gasteiger partial charge in [0.1, 0.15) is 0 Å². The van der Waals surface area contributed by atoms with Crippen LogP contribution >= 0.6 is 0 Å². The van der Waals surface area contributed by atoms with Crippen LogP contribution in [0.1, 0.15) is 11.1 Å². The van der Waals surface area contributed by atoms with Crippen LogP contribution in [-0.2, 0) is 10.1 Å². The maximum absolute atomic E-state index is 11.2. The van der Waals surface area contributed by atoms with Gasteiger partial charge in [-0.2, -0.15) is 8.42 Å². The monoisotopic (exact) mass is 324 g/mol. The van der Waals surface area contributed by atoms with Gasteiger partial charge < -0.3 is 10.5 Å². The van der Waals surface area contributed by atoms with Gasteiger partial charge in [-0.3, -0.25) is 4.55 Å². The average molecular weight is 324 g/mol. The molecule has 0 heterocycles. The lowest BCUT2D eigenvalue weighted by Gasteiger charge is -2.09. The maximum Gasteiger partial charge on any atom is 0.294 e. The van der Waals surface area contributed by atoms with E-state index in [1.165, 1.54) is 11.4 Å². The molecule has 8 heteroatoms. The molecule has 2 rings (SSSR count). The third-order valence-corrected chi connectivity index (χ3v) is 3.80. The minimum absolute atomic E-state index is 0.0791. The van der Waals surface area contributed by atoms with Crippen molar-refractivity contribution in [1.82, 2.24) is 0 Å². The third-order valence-electron chi connectivity index (χ3n) is 2.81. The van der Waals surface area contributed by atoms with Crippen molar-refractivity contribution in [2.24, 2.45) is 5.34 Å². The quantitative estimate of drug-likeness (QED) is 0.452. The lowest BCUT2D eigenvalue weighted by molar-refractivity contribution is 0.312. The van der Waals surface area contributed by atoms with E-state index in [0.29, 0.717) is 11.3 Å². The van der Waals surface area contributed by atoms with Crippen molar-refractivity contribution in [3.8, 4) is 0 Å². The highest BCUT2D eigenvalue weighted by Crippen LogP contribution is 2.23. The van der Waals surface area contributed by atoms with Crippen molar-refractivity contribution in [2.75, 3.05) is 5.32 Å². The molecule has 0 aliphatic heterocycles. The van der Waals surface area contributed by atoms with Gasteiger partial charge in [0, 0.05) is 11.4 Å². The van der Waals surface area contributed by atoms with Crippen LogP contribution in [-0.4, -0.2) is 18.2 Å². The average Bonchev–Trinajstić information content (AvgIpc) is 2.43. The number of hydrogen-bond donors (Lipinski definition) is 3. The zero-order chi connectivity index (χ0) is 16.8. The predicted molar refractivity (Wildman–Crippen MR) is 83.0 cm³/mol. The standard InChI is InChI=1S/C14H15NO3S.HNO2/c1-10-3-6-12(7-4-10)15-13-8-5-11(2)14(9-13)19(16,17)18;2-1-3/h3-9,15H,1-2H3,(H,16,17,18);(H,2,3). The molecule has 2 aromatic carbocycles. The predicted octanol–water partition coefficient (Wildman–Crippen LogP) is 3.44. The highest BCUT2D eigenvalue weighted by molar-refractivity contribution is 7.85. The first-order valence-electron chi connectivity index (χ1n) is 6.16. The summed E-state index contributed by atoms with van der Waals surface area (Å²) in [6.45, 7) is 3.63. The maximum atomic E-state index is 11.2. The first-order chi connectivity index (χ1) is 10.3. The number of hydrogen-bond acceptors (Lipinski definition) is 5. The number of nitrogens with zero attached hydrogens (tertiary/aromatic N) is 1. The zero-order valence-electron chi connectivity index (χ0n) is 12.0. The Kier molecular flexibility index (Phi) is 6.02. The van der Waals surface area contributed by atoms with E-state index in [4.69, 9.17) is 14.7 Å². The molecular weight excluding hydrogens is 308 g/mol. The number of aryl methyl sites for hydroxylation is 2. The summed E-state index contributed by atoms with van der Waals surface area (Å²) >= 11 is 0.